The lowest BCUT2D eigenvalue weighted by Crippen LogP contribution is -2.48. The summed E-state index contributed by atoms with van der Waals surface area (Å²) in [6, 6.07) is 4.40. The Morgan fingerprint density at radius 1 is 1.58 bits per heavy atom. The SMILES string of the molecule is CC1CN(c2ccc([N+](=O)[O-])cc2Cl)CC(CO)O1. The highest BCUT2D eigenvalue weighted by atomic mass is 35.5. The standard InChI is InChI=1S/C12H15ClN2O4/c1-8-5-14(6-10(7-16)19-8)12-3-2-9(15(17)18)4-11(12)13/h2-4,8,10,16H,5-7H2,1H3. The van der Waals surface area contributed by atoms with Crippen molar-refractivity contribution in [1.82, 2.24) is 0 Å². The van der Waals surface area contributed by atoms with Crippen LogP contribution in [-0.2, 0) is 4.74 Å². The van der Waals surface area contributed by atoms with Crippen LogP contribution >= 0.6 is 11.6 Å². The van der Waals surface area contributed by atoms with E-state index in [1.54, 1.807) is 6.07 Å². The largest absolute Gasteiger partial charge is 0.394 e. The maximum atomic E-state index is 10.7. The number of nitrogens with zero attached hydrogens (tertiary/aromatic N) is 2. The van der Waals surface area contributed by atoms with Crippen molar-refractivity contribution in [2.45, 2.75) is 19.1 Å². The van der Waals surface area contributed by atoms with Crippen molar-refractivity contribution >= 4 is 23.0 Å². The average molecular weight is 287 g/mol. The molecule has 7 heteroatoms. The third kappa shape index (κ3) is 3.15. The average Bonchev–Trinajstić information content (AvgIpc) is 2.37. The number of halogens is 1. The number of aliphatic hydroxyl groups is 1. The number of hydrogen-bond donors (Lipinski definition) is 1. The van der Waals surface area contributed by atoms with Crippen LogP contribution in [0.2, 0.25) is 5.02 Å². The van der Waals surface area contributed by atoms with Crippen molar-refractivity contribution in [2.24, 2.45) is 0 Å². The highest BCUT2D eigenvalue weighted by Gasteiger charge is 2.26. The molecule has 1 aromatic rings. The van der Waals surface area contributed by atoms with Crippen LogP contribution < -0.4 is 4.90 Å². The van der Waals surface area contributed by atoms with E-state index in [9.17, 15) is 15.2 Å². The molecule has 0 amide bonds. The molecule has 1 aliphatic heterocycles. The molecule has 1 aromatic carbocycles. The Bertz CT molecular complexity index is 483. The number of non-ortho nitro benzene ring substituents is 1. The van der Waals surface area contributed by atoms with Crippen LogP contribution in [0.25, 0.3) is 0 Å². The second-order valence-corrected chi connectivity index (χ2v) is 4.96. The Hall–Kier alpha value is -1.37. The van der Waals surface area contributed by atoms with Gasteiger partial charge in [-0.25, -0.2) is 0 Å². The highest BCUT2D eigenvalue weighted by molar-refractivity contribution is 6.33. The van der Waals surface area contributed by atoms with Gasteiger partial charge in [0.15, 0.2) is 0 Å². The molecule has 19 heavy (non-hydrogen) atoms. The Labute approximate surface area is 115 Å². The van der Waals surface area contributed by atoms with Gasteiger partial charge in [0.1, 0.15) is 0 Å². The number of nitro groups is 1. The first-order chi connectivity index (χ1) is 9.01. The third-order valence-electron chi connectivity index (χ3n) is 3.01. The van der Waals surface area contributed by atoms with E-state index in [0.29, 0.717) is 18.1 Å². The van der Waals surface area contributed by atoms with Crippen molar-refractivity contribution in [1.29, 1.82) is 0 Å². The van der Waals surface area contributed by atoms with Gasteiger partial charge in [-0.1, -0.05) is 11.6 Å². The van der Waals surface area contributed by atoms with Crippen molar-refractivity contribution < 1.29 is 14.8 Å². The number of nitro benzene ring substituents is 1. The molecule has 0 aromatic heterocycles. The Kier molecular flexibility index (Phi) is 4.24. The molecule has 0 saturated carbocycles. The summed E-state index contributed by atoms with van der Waals surface area (Å²) in [5, 5.41) is 20.2. The number of hydrogen-bond acceptors (Lipinski definition) is 5. The maximum Gasteiger partial charge on any atom is 0.271 e. The van der Waals surface area contributed by atoms with Gasteiger partial charge >= 0.3 is 0 Å². The zero-order valence-corrected chi connectivity index (χ0v) is 11.2. The van der Waals surface area contributed by atoms with Crippen LogP contribution in [0.1, 0.15) is 6.92 Å². The molecule has 6 nitrogen and oxygen atoms in total. The molecule has 2 atom stereocenters. The van der Waals surface area contributed by atoms with Gasteiger partial charge in [-0.2, -0.15) is 0 Å². The van der Waals surface area contributed by atoms with E-state index in [1.165, 1.54) is 12.1 Å². The highest BCUT2D eigenvalue weighted by Crippen LogP contribution is 2.31. The summed E-state index contributed by atoms with van der Waals surface area (Å²) in [6.45, 7) is 2.99. The molecule has 2 rings (SSSR count). The number of ether oxygens (including phenoxy) is 1. The van der Waals surface area contributed by atoms with Gasteiger partial charge in [0.25, 0.3) is 5.69 Å². The van der Waals surface area contributed by atoms with Crippen LogP contribution in [0, 0.1) is 10.1 Å². The minimum Gasteiger partial charge on any atom is -0.394 e. The van der Waals surface area contributed by atoms with Gasteiger partial charge in [-0.3, -0.25) is 10.1 Å². The van der Waals surface area contributed by atoms with Gasteiger partial charge in [-0.15, -0.1) is 0 Å². The Morgan fingerprint density at radius 3 is 2.89 bits per heavy atom. The summed E-state index contributed by atoms with van der Waals surface area (Å²) in [6.07, 6.45) is -0.299. The lowest BCUT2D eigenvalue weighted by Gasteiger charge is -2.37. The predicted octanol–water partition coefficient (Wildman–Crippen LogP) is 1.83. The van der Waals surface area contributed by atoms with E-state index in [4.69, 9.17) is 16.3 Å². The lowest BCUT2D eigenvalue weighted by atomic mass is 10.2. The van der Waals surface area contributed by atoms with Crippen molar-refractivity contribution in [3.05, 3.63) is 33.3 Å². The van der Waals surface area contributed by atoms with Gasteiger partial charge in [0.2, 0.25) is 0 Å². The molecule has 104 valence electrons. The van der Waals surface area contributed by atoms with Crippen LogP contribution in [-0.4, -0.2) is 41.9 Å². The van der Waals surface area contributed by atoms with Crippen molar-refractivity contribution in [2.75, 3.05) is 24.6 Å². The van der Waals surface area contributed by atoms with E-state index in [1.807, 2.05) is 11.8 Å². The first kappa shape index (κ1) is 14.0. The molecule has 0 radical (unpaired) electrons. The van der Waals surface area contributed by atoms with Crippen LogP contribution in [0.5, 0.6) is 0 Å². The summed E-state index contributed by atoms with van der Waals surface area (Å²) in [5.41, 5.74) is 0.689. The number of rotatable bonds is 3. The smallest absolute Gasteiger partial charge is 0.271 e. The summed E-state index contributed by atoms with van der Waals surface area (Å²) in [7, 11) is 0. The minimum atomic E-state index is -0.478. The molecule has 1 saturated heterocycles. The van der Waals surface area contributed by atoms with Crippen LogP contribution in [0.4, 0.5) is 11.4 Å². The predicted molar refractivity (Wildman–Crippen MR) is 71.7 cm³/mol. The molecule has 1 N–H and O–H groups in total. The second-order valence-electron chi connectivity index (χ2n) is 4.55. The molecular weight excluding hydrogens is 272 g/mol. The molecule has 0 aliphatic carbocycles. The topological polar surface area (TPSA) is 75.8 Å². The maximum absolute atomic E-state index is 10.7. The quantitative estimate of drug-likeness (QED) is 0.678. The van der Waals surface area contributed by atoms with E-state index < -0.39 is 4.92 Å². The fourth-order valence-corrected chi connectivity index (χ4v) is 2.50. The van der Waals surface area contributed by atoms with E-state index in [2.05, 4.69) is 0 Å². The number of morpholine rings is 1. The van der Waals surface area contributed by atoms with E-state index >= 15 is 0 Å². The molecule has 1 heterocycles. The van der Waals surface area contributed by atoms with Crippen LogP contribution in [0.15, 0.2) is 18.2 Å². The monoisotopic (exact) mass is 286 g/mol. The first-order valence-electron chi connectivity index (χ1n) is 5.96. The number of anilines is 1. The number of benzene rings is 1. The zero-order chi connectivity index (χ0) is 14.0. The molecule has 0 spiro atoms. The summed E-state index contributed by atoms with van der Waals surface area (Å²) < 4.78 is 5.55. The Morgan fingerprint density at radius 2 is 2.32 bits per heavy atom. The number of aliphatic hydroxyl groups excluding tert-OH is 1. The fraction of sp³-hybridized carbons (Fsp3) is 0.500. The lowest BCUT2D eigenvalue weighted by molar-refractivity contribution is -0.384. The van der Waals surface area contributed by atoms with E-state index in [0.717, 1.165) is 5.69 Å². The molecule has 1 aliphatic rings. The Balaban J connectivity index is 2.23. The third-order valence-corrected chi connectivity index (χ3v) is 3.32. The first-order valence-corrected chi connectivity index (χ1v) is 6.34. The molecule has 0 bridgehead atoms. The molecule has 1 fully saturated rings. The van der Waals surface area contributed by atoms with Gasteiger partial charge in [-0.05, 0) is 13.0 Å². The summed E-state index contributed by atoms with van der Waals surface area (Å²) in [4.78, 5) is 12.2. The van der Waals surface area contributed by atoms with Gasteiger partial charge in [0, 0.05) is 25.2 Å². The summed E-state index contributed by atoms with van der Waals surface area (Å²) in [5.74, 6) is 0. The molecular formula is C12H15ClN2O4. The minimum absolute atomic E-state index is 0.0304. The van der Waals surface area contributed by atoms with Crippen LogP contribution in [0.3, 0.4) is 0 Å². The fourth-order valence-electron chi connectivity index (χ4n) is 2.21. The zero-order valence-electron chi connectivity index (χ0n) is 10.5. The normalized spacial score (nSPS) is 23.4. The second kappa shape index (κ2) is 5.73. The molecule has 2 unspecified atom stereocenters. The van der Waals surface area contributed by atoms with Gasteiger partial charge in [0.05, 0.1) is 34.4 Å². The summed E-state index contributed by atoms with van der Waals surface area (Å²) >= 11 is 6.10. The van der Waals surface area contributed by atoms with Gasteiger partial charge < -0.3 is 14.7 Å². The van der Waals surface area contributed by atoms with E-state index in [-0.39, 0.29) is 24.5 Å². The van der Waals surface area contributed by atoms with Crippen molar-refractivity contribution in [3.8, 4) is 0 Å². The van der Waals surface area contributed by atoms with Crippen molar-refractivity contribution in [3.63, 3.8) is 0 Å².